The van der Waals surface area contributed by atoms with Gasteiger partial charge in [0, 0.05) is 25.3 Å². The number of carbonyl (C=O) groups excluding carboxylic acids is 3. The van der Waals surface area contributed by atoms with Crippen molar-refractivity contribution in [2.45, 2.75) is 77.5 Å². The molecule has 0 aromatic rings. The summed E-state index contributed by atoms with van der Waals surface area (Å²) in [5.74, 6) is -2.04. The molecule has 0 spiro atoms. The lowest BCUT2D eigenvalue weighted by Gasteiger charge is -2.30. The molecule has 3 aliphatic rings. The first-order valence-electron chi connectivity index (χ1n) is 9.65. The predicted molar refractivity (Wildman–Crippen MR) is 99.1 cm³/mol. The van der Waals surface area contributed by atoms with E-state index in [1.54, 1.807) is 19.9 Å². The molecule has 0 amide bonds. The molecule has 7 nitrogen and oxygen atoms in total. The van der Waals surface area contributed by atoms with Crippen molar-refractivity contribution in [2.24, 2.45) is 11.8 Å². The lowest BCUT2D eigenvalue weighted by Crippen LogP contribution is -2.38. The summed E-state index contributed by atoms with van der Waals surface area (Å²) in [6, 6.07) is 0. The highest BCUT2D eigenvalue weighted by Crippen LogP contribution is 2.48. The average molecular weight is 392 g/mol. The van der Waals surface area contributed by atoms with Crippen LogP contribution in [0, 0.1) is 11.8 Å². The number of ether oxygens (including phenoxy) is 4. The Hall–Kier alpha value is -2.15. The van der Waals surface area contributed by atoms with Gasteiger partial charge in [0.2, 0.25) is 0 Å². The van der Waals surface area contributed by atoms with Gasteiger partial charge in [-0.3, -0.25) is 9.59 Å². The molecule has 0 aromatic heterocycles. The summed E-state index contributed by atoms with van der Waals surface area (Å²) < 4.78 is 22.7. The van der Waals surface area contributed by atoms with Gasteiger partial charge in [0.25, 0.3) is 0 Å². The van der Waals surface area contributed by atoms with Crippen molar-refractivity contribution in [1.82, 2.24) is 0 Å². The van der Waals surface area contributed by atoms with Gasteiger partial charge in [-0.2, -0.15) is 0 Å². The third-order valence-corrected chi connectivity index (χ3v) is 5.71. The maximum Gasteiger partial charge on any atom is 0.334 e. The molecule has 3 rings (SSSR count). The lowest BCUT2D eigenvalue weighted by molar-refractivity contribution is -0.157. The summed E-state index contributed by atoms with van der Waals surface area (Å²) in [5, 5.41) is 0. The van der Waals surface area contributed by atoms with Gasteiger partial charge in [-0.25, -0.2) is 4.79 Å². The second-order valence-electron chi connectivity index (χ2n) is 8.42. The molecule has 2 saturated heterocycles. The highest BCUT2D eigenvalue weighted by Gasteiger charge is 2.58. The van der Waals surface area contributed by atoms with Crippen LogP contribution in [0.1, 0.15) is 47.5 Å². The van der Waals surface area contributed by atoms with Crippen LogP contribution in [-0.4, -0.2) is 47.9 Å². The van der Waals surface area contributed by atoms with Crippen molar-refractivity contribution < 1.29 is 33.3 Å². The van der Waals surface area contributed by atoms with Gasteiger partial charge >= 0.3 is 17.9 Å². The van der Waals surface area contributed by atoms with E-state index in [0.717, 1.165) is 5.57 Å². The number of carbonyl (C=O) groups is 3. The molecule has 2 fully saturated rings. The molecule has 0 unspecified atom stereocenters. The fourth-order valence-corrected chi connectivity index (χ4v) is 3.96. The Labute approximate surface area is 165 Å². The van der Waals surface area contributed by atoms with Crippen molar-refractivity contribution in [1.29, 1.82) is 0 Å². The van der Waals surface area contributed by atoms with E-state index >= 15 is 0 Å². The molecular weight excluding hydrogens is 364 g/mol. The Morgan fingerprint density at radius 3 is 2.61 bits per heavy atom. The fraction of sp³-hybridized carbons (Fsp3) is 0.667. The lowest BCUT2D eigenvalue weighted by atomic mass is 9.82. The zero-order valence-corrected chi connectivity index (χ0v) is 17.0. The van der Waals surface area contributed by atoms with Crippen LogP contribution in [0.15, 0.2) is 23.8 Å². The van der Waals surface area contributed by atoms with Gasteiger partial charge in [-0.05, 0) is 25.5 Å². The molecular formula is C21H28O7. The van der Waals surface area contributed by atoms with E-state index in [9.17, 15) is 14.4 Å². The summed E-state index contributed by atoms with van der Waals surface area (Å²) in [7, 11) is 0. The van der Waals surface area contributed by atoms with Crippen molar-refractivity contribution in [2.75, 3.05) is 0 Å². The van der Waals surface area contributed by atoms with Crippen LogP contribution < -0.4 is 0 Å². The summed E-state index contributed by atoms with van der Waals surface area (Å²) in [6.45, 7) is 12.5. The van der Waals surface area contributed by atoms with Gasteiger partial charge < -0.3 is 18.9 Å². The van der Waals surface area contributed by atoms with Crippen molar-refractivity contribution in [3.05, 3.63) is 23.8 Å². The molecule has 0 aromatic carbocycles. The molecule has 7 heteroatoms. The third-order valence-electron chi connectivity index (χ3n) is 5.71. The minimum atomic E-state index is -0.637. The average Bonchev–Trinajstić information content (AvgIpc) is 3.11. The normalized spacial score (nSPS) is 39.2. The van der Waals surface area contributed by atoms with Gasteiger partial charge in [0.15, 0.2) is 0 Å². The third kappa shape index (κ3) is 3.99. The van der Waals surface area contributed by atoms with E-state index < -0.39 is 35.8 Å². The first kappa shape index (κ1) is 20.6. The number of hydrogen-bond acceptors (Lipinski definition) is 7. The van der Waals surface area contributed by atoms with Crippen LogP contribution in [0.2, 0.25) is 0 Å². The quantitative estimate of drug-likeness (QED) is 0.240. The SMILES string of the molecule is C=C1C(=O)O[C@@H]2/C=C(/C)[C@@H](OC(C)=O)C[C@H]3O[C@@]3(C)C[C@H](OC(=O)C(C)C)[C@@H]12. The monoisotopic (exact) mass is 392 g/mol. The number of hydrogen-bond donors (Lipinski definition) is 0. The molecule has 1 aliphatic carbocycles. The number of rotatable bonds is 3. The first-order chi connectivity index (χ1) is 13.0. The fourth-order valence-electron chi connectivity index (χ4n) is 3.96. The molecule has 2 aliphatic heterocycles. The minimum Gasteiger partial charge on any atom is -0.461 e. The molecule has 6 atom stereocenters. The van der Waals surface area contributed by atoms with Gasteiger partial charge in [-0.15, -0.1) is 0 Å². The molecule has 154 valence electrons. The number of fused-ring (bicyclic) bond motifs is 2. The smallest absolute Gasteiger partial charge is 0.334 e. The maximum absolute atomic E-state index is 12.3. The van der Waals surface area contributed by atoms with Crippen molar-refractivity contribution in [3.63, 3.8) is 0 Å². The molecule has 0 radical (unpaired) electrons. The summed E-state index contributed by atoms with van der Waals surface area (Å²) in [6.07, 6.45) is 0.846. The minimum absolute atomic E-state index is 0.136. The van der Waals surface area contributed by atoms with Crippen molar-refractivity contribution >= 4 is 17.9 Å². The standard InChI is InChI=1S/C21H28O7/c1-10(2)19(23)27-16-9-21(6)17(28-21)8-14(25-13(5)22)11(3)7-15-18(16)12(4)20(24)26-15/h7,10,14-18H,4,8-9H2,1-3,5-6H3/b11-7-/t14-,15+,16-,17+,18-,21-/m0/s1. The van der Waals surface area contributed by atoms with Crippen LogP contribution in [0.3, 0.4) is 0 Å². The van der Waals surface area contributed by atoms with Crippen molar-refractivity contribution in [3.8, 4) is 0 Å². The second-order valence-corrected chi connectivity index (χ2v) is 8.42. The zero-order chi connectivity index (χ0) is 20.8. The van der Waals surface area contributed by atoms with E-state index in [-0.39, 0.29) is 29.5 Å². The van der Waals surface area contributed by atoms with E-state index in [1.165, 1.54) is 6.92 Å². The van der Waals surface area contributed by atoms with Gasteiger partial charge in [0.1, 0.15) is 18.3 Å². The Kier molecular flexibility index (Phi) is 5.40. The van der Waals surface area contributed by atoms with Crippen LogP contribution in [0.5, 0.6) is 0 Å². The van der Waals surface area contributed by atoms with Crippen LogP contribution >= 0.6 is 0 Å². The van der Waals surface area contributed by atoms with E-state index in [1.807, 2.05) is 13.8 Å². The van der Waals surface area contributed by atoms with E-state index in [2.05, 4.69) is 6.58 Å². The Morgan fingerprint density at radius 2 is 2.00 bits per heavy atom. The Morgan fingerprint density at radius 1 is 1.32 bits per heavy atom. The van der Waals surface area contributed by atoms with Crippen LogP contribution in [0.25, 0.3) is 0 Å². The van der Waals surface area contributed by atoms with E-state index in [0.29, 0.717) is 12.8 Å². The zero-order valence-electron chi connectivity index (χ0n) is 17.0. The summed E-state index contributed by atoms with van der Waals surface area (Å²) >= 11 is 0. The molecule has 28 heavy (non-hydrogen) atoms. The molecule has 0 bridgehead atoms. The highest BCUT2D eigenvalue weighted by atomic mass is 16.6. The van der Waals surface area contributed by atoms with Crippen LogP contribution in [0.4, 0.5) is 0 Å². The summed E-state index contributed by atoms with van der Waals surface area (Å²) in [5.41, 5.74) is 0.511. The first-order valence-corrected chi connectivity index (χ1v) is 9.65. The number of esters is 3. The van der Waals surface area contributed by atoms with E-state index in [4.69, 9.17) is 18.9 Å². The van der Waals surface area contributed by atoms with Gasteiger partial charge in [0.05, 0.1) is 23.5 Å². The molecule has 0 saturated carbocycles. The molecule has 2 heterocycles. The summed E-state index contributed by atoms with van der Waals surface area (Å²) in [4.78, 5) is 36.1. The van der Waals surface area contributed by atoms with Gasteiger partial charge in [-0.1, -0.05) is 20.4 Å². The predicted octanol–water partition coefficient (Wildman–Crippen LogP) is 2.48. The second kappa shape index (κ2) is 7.35. The largest absolute Gasteiger partial charge is 0.461 e. The maximum atomic E-state index is 12.3. The Bertz CT molecular complexity index is 737. The highest BCUT2D eigenvalue weighted by molar-refractivity contribution is 5.91. The Balaban J connectivity index is 1.98. The number of epoxide rings is 1. The van der Waals surface area contributed by atoms with Crippen LogP contribution in [-0.2, 0) is 33.3 Å². The topological polar surface area (TPSA) is 91.4 Å². The molecule has 0 N–H and O–H groups in total.